The highest BCUT2D eigenvalue weighted by molar-refractivity contribution is 6.16. The van der Waals surface area contributed by atoms with E-state index in [-0.39, 0.29) is 37.9 Å². The van der Waals surface area contributed by atoms with Gasteiger partial charge in [-0.1, -0.05) is 13.8 Å². The normalized spacial score (nSPS) is 18.5. The predicted octanol–water partition coefficient (Wildman–Crippen LogP) is 5.30. The van der Waals surface area contributed by atoms with Gasteiger partial charge in [-0.25, -0.2) is 14.0 Å². The number of piperidine rings is 1. The summed E-state index contributed by atoms with van der Waals surface area (Å²) < 4.78 is 65.4. The maximum atomic E-state index is 14.4. The van der Waals surface area contributed by atoms with Crippen LogP contribution in [0.5, 0.6) is 5.75 Å². The van der Waals surface area contributed by atoms with Crippen molar-refractivity contribution >= 4 is 35.5 Å². The van der Waals surface area contributed by atoms with E-state index in [0.29, 0.717) is 49.3 Å². The van der Waals surface area contributed by atoms with Crippen molar-refractivity contribution in [3.63, 3.8) is 0 Å². The van der Waals surface area contributed by atoms with Crippen LogP contribution in [0.3, 0.4) is 0 Å². The number of nitrogens with zero attached hydrogens (tertiary/aromatic N) is 4. The molecule has 0 radical (unpaired) electrons. The smallest absolute Gasteiger partial charge is 0.416 e. The lowest BCUT2D eigenvalue weighted by molar-refractivity contribution is -0.139. The number of urea groups is 1. The number of imide groups is 1. The standard InChI is InChI=1S/C36H43F4N5O7/c1-21(2)28(41-29(46)26-17-23(36(38,39)40)7-12-27(26)37)30(47)43-15-13-35(14-16-43)31(48)42(6)32(49)45(35)24-8-10-25(11-9-24)51-20-22-18-44(19-22)33(50)52-34(3,4)5/h7-12,17,21-22,28H,13-16,18-20H2,1-6H3,(H,41,46)/t28-/m1/s1. The highest BCUT2D eigenvalue weighted by Crippen LogP contribution is 2.41. The second-order valence-electron chi connectivity index (χ2n) is 14.8. The molecule has 3 saturated heterocycles. The summed E-state index contributed by atoms with van der Waals surface area (Å²) in [6, 6.07) is 6.45. The summed E-state index contributed by atoms with van der Waals surface area (Å²) in [5, 5.41) is 2.40. The molecule has 52 heavy (non-hydrogen) atoms. The Bertz CT molecular complexity index is 1710. The molecule has 12 nitrogen and oxygen atoms in total. The van der Waals surface area contributed by atoms with Crippen LogP contribution in [0.15, 0.2) is 42.5 Å². The second-order valence-corrected chi connectivity index (χ2v) is 14.8. The number of hydrogen-bond acceptors (Lipinski definition) is 7. The van der Waals surface area contributed by atoms with E-state index < -0.39 is 70.0 Å². The highest BCUT2D eigenvalue weighted by atomic mass is 19.4. The Morgan fingerprint density at radius 2 is 1.58 bits per heavy atom. The molecule has 2 aromatic rings. The highest BCUT2D eigenvalue weighted by Gasteiger charge is 2.58. The first kappa shape index (κ1) is 38.3. The van der Waals surface area contributed by atoms with Crippen molar-refractivity contribution in [2.45, 2.75) is 70.8 Å². The molecule has 1 N–H and O–H groups in total. The van der Waals surface area contributed by atoms with E-state index in [9.17, 15) is 41.5 Å². The topological polar surface area (TPSA) is 129 Å². The lowest BCUT2D eigenvalue weighted by Gasteiger charge is -2.43. The zero-order chi connectivity index (χ0) is 38.3. The van der Waals surface area contributed by atoms with E-state index in [0.717, 1.165) is 4.90 Å². The summed E-state index contributed by atoms with van der Waals surface area (Å²) in [7, 11) is 1.39. The first-order chi connectivity index (χ1) is 24.2. The average Bonchev–Trinajstić information content (AvgIpc) is 3.21. The SMILES string of the molecule is CC(C)[C@@H](NC(=O)c1cc(C(F)(F)F)ccc1F)C(=O)N1CCC2(CC1)C(=O)N(C)C(=O)N2c1ccc(OCC2CN(C(=O)OC(C)(C)C)C2)cc1. The van der Waals surface area contributed by atoms with E-state index in [1.165, 1.54) is 16.8 Å². The van der Waals surface area contributed by atoms with Gasteiger partial charge in [0.25, 0.3) is 11.8 Å². The summed E-state index contributed by atoms with van der Waals surface area (Å²) in [5.74, 6) is -3.18. The molecule has 3 heterocycles. The molecular formula is C36H43F4N5O7. The van der Waals surface area contributed by atoms with E-state index in [1.54, 1.807) is 63.8 Å². The molecule has 0 aliphatic carbocycles. The number of halogens is 4. The summed E-state index contributed by atoms with van der Waals surface area (Å²) in [5.41, 5.74) is -3.47. The maximum Gasteiger partial charge on any atom is 0.416 e. The number of likely N-dealkylation sites (tertiary alicyclic amines) is 2. The summed E-state index contributed by atoms with van der Waals surface area (Å²) in [6.07, 6.45) is -5.03. The molecule has 5 rings (SSSR count). The van der Waals surface area contributed by atoms with Crippen LogP contribution in [0.2, 0.25) is 0 Å². The van der Waals surface area contributed by atoms with Crippen molar-refractivity contribution < 1.29 is 51.0 Å². The largest absolute Gasteiger partial charge is 0.493 e. The van der Waals surface area contributed by atoms with Gasteiger partial charge < -0.3 is 24.6 Å². The van der Waals surface area contributed by atoms with Crippen LogP contribution < -0.4 is 15.0 Å². The Morgan fingerprint density at radius 1 is 0.962 bits per heavy atom. The summed E-state index contributed by atoms with van der Waals surface area (Å²) in [4.78, 5) is 71.3. The molecule has 3 aliphatic rings. The van der Waals surface area contributed by atoms with Gasteiger partial charge in [0, 0.05) is 44.8 Å². The molecule has 0 bridgehead atoms. The van der Waals surface area contributed by atoms with Crippen molar-refractivity contribution in [3.8, 4) is 5.75 Å². The van der Waals surface area contributed by atoms with E-state index in [2.05, 4.69) is 5.32 Å². The number of anilines is 1. The minimum atomic E-state index is -4.80. The third-order valence-electron chi connectivity index (χ3n) is 9.46. The lowest BCUT2D eigenvalue weighted by Crippen LogP contribution is -2.60. The first-order valence-electron chi connectivity index (χ1n) is 17.0. The fourth-order valence-electron chi connectivity index (χ4n) is 6.58. The zero-order valence-electron chi connectivity index (χ0n) is 29.9. The minimum absolute atomic E-state index is 0.0299. The predicted molar refractivity (Wildman–Crippen MR) is 180 cm³/mol. The number of amides is 6. The second kappa shape index (κ2) is 14.3. The minimum Gasteiger partial charge on any atom is -0.493 e. The van der Waals surface area contributed by atoms with Crippen molar-refractivity contribution in [1.82, 2.24) is 20.0 Å². The molecule has 282 valence electrons. The van der Waals surface area contributed by atoms with Crippen LogP contribution in [0.25, 0.3) is 0 Å². The van der Waals surface area contributed by atoms with Crippen LogP contribution in [-0.4, -0.2) is 102 Å². The van der Waals surface area contributed by atoms with Crippen molar-refractivity contribution in [3.05, 3.63) is 59.4 Å². The number of carbonyl (C=O) groups is 5. The van der Waals surface area contributed by atoms with Gasteiger partial charge in [0.2, 0.25) is 5.91 Å². The number of likely N-dealkylation sites (N-methyl/N-ethyl adjacent to an activating group) is 1. The van der Waals surface area contributed by atoms with E-state index in [4.69, 9.17) is 9.47 Å². The van der Waals surface area contributed by atoms with Gasteiger partial charge in [0.05, 0.1) is 17.7 Å². The molecule has 6 amide bonds. The van der Waals surface area contributed by atoms with Crippen LogP contribution >= 0.6 is 0 Å². The van der Waals surface area contributed by atoms with Gasteiger partial charge >= 0.3 is 18.3 Å². The van der Waals surface area contributed by atoms with Gasteiger partial charge in [-0.2, -0.15) is 13.2 Å². The summed E-state index contributed by atoms with van der Waals surface area (Å²) in [6.45, 7) is 10.1. The van der Waals surface area contributed by atoms with Gasteiger partial charge in [0.15, 0.2) is 0 Å². The molecule has 1 atom stereocenters. The lowest BCUT2D eigenvalue weighted by atomic mass is 9.85. The molecular weight excluding hydrogens is 690 g/mol. The van der Waals surface area contributed by atoms with Crippen LogP contribution in [0, 0.1) is 17.7 Å². The Hall–Kier alpha value is -4.89. The van der Waals surface area contributed by atoms with Crippen molar-refractivity contribution in [2.24, 2.45) is 11.8 Å². The number of hydrogen-bond donors (Lipinski definition) is 1. The molecule has 0 saturated carbocycles. The van der Waals surface area contributed by atoms with Crippen LogP contribution in [0.1, 0.15) is 63.4 Å². The number of ether oxygens (including phenoxy) is 2. The first-order valence-corrected chi connectivity index (χ1v) is 17.0. The van der Waals surface area contributed by atoms with E-state index >= 15 is 0 Å². The zero-order valence-corrected chi connectivity index (χ0v) is 29.9. The third-order valence-corrected chi connectivity index (χ3v) is 9.46. The van der Waals surface area contributed by atoms with Gasteiger partial charge in [-0.05, 0) is 82.0 Å². The van der Waals surface area contributed by atoms with Gasteiger partial charge in [0.1, 0.15) is 28.7 Å². The molecule has 3 fully saturated rings. The summed E-state index contributed by atoms with van der Waals surface area (Å²) >= 11 is 0. The van der Waals surface area contributed by atoms with Crippen molar-refractivity contribution in [1.29, 1.82) is 0 Å². The molecule has 0 unspecified atom stereocenters. The molecule has 1 spiro atoms. The molecule has 0 aromatic heterocycles. The molecule has 2 aromatic carbocycles. The van der Waals surface area contributed by atoms with Gasteiger partial charge in [-0.3, -0.25) is 24.2 Å². The molecule has 3 aliphatic heterocycles. The average molecular weight is 734 g/mol. The van der Waals surface area contributed by atoms with E-state index in [1.807, 2.05) is 0 Å². The van der Waals surface area contributed by atoms with Crippen LogP contribution in [-0.2, 0) is 20.5 Å². The fraction of sp³-hybridized carbons (Fsp3) is 0.528. The van der Waals surface area contributed by atoms with Crippen LogP contribution in [0.4, 0.5) is 32.8 Å². The number of benzene rings is 2. The monoisotopic (exact) mass is 733 g/mol. The fourth-order valence-corrected chi connectivity index (χ4v) is 6.58. The quantitative estimate of drug-likeness (QED) is 0.288. The Kier molecular flexibility index (Phi) is 10.5. The number of carbonyl (C=O) groups excluding carboxylic acids is 5. The third kappa shape index (κ3) is 7.80. The number of alkyl halides is 3. The number of nitrogens with one attached hydrogen (secondary N) is 1. The van der Waals surface area contributed by atoms with Crippen molar-refractivity contribution in [2.75, 3.05) is 44.7 Å². The Labute approximate surface area is 299 Å². The molecule has 16 heteroatoms. The number of rotatable bonds is 8. The Balaban J connectivity index is 1.22. The van der Waals surface area contributed by atoms with Gasteiger partial charge in [-0.15, -0.1) is 0 Å². The maximum absolute atomic E-state index is 14.4. The Morgan fingerprint density at radius 3 is 2.13 bits per heavy atom.